The summed E-state index contributed by atoms with van der Waals surface area (Å²) in [6, 6.07) is 0. The predicted octanol–water partition coefficient (Wildman–Crippen LogP) is 0.741. The van der Waals surface area contributed by atoms with Crippen molar-refractivity contribution in [3.05, 3.63) is 0 Å². The first-order valence-corrected chi connectivity index (χ1v) is 7.04. The van der Waals surface area contributed by atoms with E-state index in [0.29, 0.717) is 24.0 Å². The number of aliphatic imine (C=N–C) groups is 1. The lowest BCUT2D eigenvalue weighted by Gasteiger charge is -2.25. The number of alkyl halides is 3. The Morgan fingerprint density at radius 1 is 1.41 bits per heavy atom. The molecular formula is C13H23F3N4O2. The summed E-state index contributed by atoms with van der Waals surface area (Å²) in [4.78, 5) is 16.2. The van der Waals surface area contributed by atoms with E-state index in [1.165, 1.54) is 7.05 Å². The lowest BCUT2D eigenvalue weighted by atomic mass is 10.0. The minimum Gasteiger partial charge on any atom is -0.373 e. The molecule has 1 aliphatic heterocycles. The number of amides is 1. The second-order valence-electron chi connectivity index (χ2n) is 5.55. The number of carbonyl (C=O) groups is 1. The van der Waals surface area contributed by atoms with Gasteiger partial charge in [-0.25, -0.2) is 0 Å². The Labute approximate surface area is 128 Å². The molecule has 1 amide bonds. The molecule has 2 N–H and O–H groups in total. The Balaban J connectivity index is 2.36. The molecule has 1 saturated heterocycles. The molecule has 6 nitrogen and oxygen atoms in total. The number of likely N-dealkylation sites (N-methyl/N-ethyl adjacent to an activating group) is 1. The van der Waals surface area contributed by atoms with E-state index in [1.807, 2.05) is 6.92 Å². The molecule has 0 aliphatic carbocycles. The normalized spacial score (nSPS) is 22.5. The molecule has 9 heteroatoms. The van der Waals surface area contributed by atoms with Gasteiger partial charge in [-0.05, 0) is 19.8 Å². The van der Waals surface area contributed by atoms with Crippen LogP contribution in [0.3, 0.4) is 0 Å². The highest BCUT2D eigenvalue weighted by Crippen LogP contribution is 2.23. The van der Waals surface area contributed by atoms with Crippen molar-refractivity contribution in [1.29, 1.82) is 0 Å². The zero-order valence-electron chi connectivity index (χ0n) is 13.1. The number of hydrogen-bond acceptors (Lipinski definition) is 3. The van der Waals surface area contributed by atoms with Crippen LogP contribution in [0, 0.1) is 0 Å². The highest BCUT2D eigenvalue weighted by molar-refractivity contribution is 5.86. The number of rotatable bonds is 5. The third-order valence-corrected chi connectivity index (χ3v) is 3.40. The summed E-state index contributed by atoms with van der Waals surface area (Å²) in [6.45, 7) is 1.67. The molecule has 0 spiro atoms. The molecule has 0 aromatic heterocycles. The van der Waals surface area contributed by atoms with Gasteiger partial charge in [0.15, 0.2) is 5.96 Å². The van der Waals surface area contributed by atoms with Crippen molar-refractivity contribution >= 4 is 11.9 Å². The summed E-state index contributed by atoms with van der Waals surface area (Å²) >= 11 is 0. The molecule has 1 aliphatic rings. The zero-order chi connectivity index (χ0) is 16.8. The van der Waals surface area contributed by atoms with E-state index >= 15 is 0 Å². The number of hydrogen-bond donors (Lipinski definition) is 2. The molecule has 0 bridgehead atoms. The Hall–Kier alpha value is -1.51. The van der Waals surface area contributed by atoms with Crippen LogP contribution in [0.1, 0.15) is 19.8 Å². The van der Waals surface area contributed by atoms with Gasteiger partial charge < -0.3 is 20.3 Å². The van der Waals surface area contributed by atoms with Crippen LogP contribution in [0.15, 0.2) is 4.99 Å². The maximum absolute atomic E-state index is 12.2. The standard InChI is InChI=1S/C13H23F3N4O2/c1-12(5-4-6-22-12)8-19-11(17-2)18-7-10(21)20(3)9-13(14,15)16/h4-9H2,1-3H3,(H2,17,18,19). The Kier molecular flexibility index (Phi) is 6.46. The van der Waals surface area contributed by atoms with Gasteiger partial charge in [-0.3, -0.25) is 9.79 Å². The van der Waals surface area contributed by atoms with Crippen molar-refractivity contribution in [2.24, 2.45) is 4.99 Å². The van der Waals surface area contributed by atoms with E-state index in [4.69, 9.17) is 4.74 Å². The fourth-order valence-electron chi connectivity index (χ4n) is 2.12. The monoisotopic (exact) mass is 324 g/mol. The fraction of sp³-hybridized carbons (Fsp3) is 0.846. The Morgan fingerprint density at radius 2 is 2.09 bits per heavy atom. The Bertz CT molecular complexity index is 407. The first-order valence-electron chi connectivity index (χ1n) is 7.04. The molecule has 1 fully saturated rings. The quantitative estimate of drug-likeness (QED) is 0.578. The molecule has 1 atom stereocenters. The average molecular weight is 324 g/mol. The maximum atomic E-state index is 12.2. The summed E-state index contributed by atoms with van der Waals surface area (Å²) in [6.07, 6.45) is -2.49. The van der Waals surface area contributed by atoms with Gasteiger partial charge in [0.05, 0.1) is 12.1 Å². The zero-order valence-corrected chi connectivity index (χ0v) is 13.1. The molecule has 0 aromatic carbocycles. The van der Waals surface area contributed by atoms with Gasteiger partial charge in [0.2, 0.25) is 5.91 Å². The topological polar surface area (TPSA) is 66.0 Å². The lowest BCUT2D eigenvalue weighted by Crippen LogP contribution is -2.48. The number of ether oxygens (including phenoxy) is 1. The molecular weight excluding hydrogens is 301 g/mol. The Morgan fingerprint density at radius 3 is 2.59 bits per heavy atom. The summed E-state index contributed by atoms with van der Waals surface area (Å²) in [5.74, 6) is -0.311. The first-order chi connectivity index (χ1) is 10.2. The molecule has 1 heterocycles. The molecule has 22 heavy (non-hydrogen) atoms. The van der Waals surface area contributed by atoms with Crippen LogP contribution in [0.25, 0.3) is 0 Å². The predicted molar refractivity (Wildman–Crippen MR) is 76.6 cm³/mol. The van der Waals surface area contributed by atoms with Gasteiger partial charge in [0.1, 0.15) is 6.54 Å². The second-order valence-corrected chi connectivity index (χ2v) is 5.55. The van der Waals surface area contributed by atoms with E-state index in [-0.39, 0.29) is 12.1 Å². The van der Waals surface area contributed by atoms with E-state index in [9.17, 15) is 18.0 Å². The summed E-state index contributed by atoms with van der Waals surface area (Å²) in [7, 11) is 2.64. The van der Waals surface area contributed by atoms with E-state index < -0.39 is 18.6 Å². The van der Waals surface area contributed by atoms with E-state index in [0.717, 1.165) is 19.9 Å². The summed E-state index contributed by atoms with van der Waals surface area (Å²) in [5, 5.41) is 5.72. The summed E-state index contributed by atoms with van der Waals surface area (Å²) < 4.78 is 42.2. The molecule has 1 unspecified atom stereocenters. The SMILES string of the molecule is CN=C(NCC(=O)N(C)CC(F)(F)F)NCC1(C)CCCO1. The molecule has 128 valence electrons. The van der Waals surface area contributed by atoms with Crippen molar-refractivity contribution in [3.8, 4) is 0 Å². The molecule has 0 aromatic rings. The van der Waals surface area contributed by atoms with Crippen LogP contribution in [-0.4, -0.2) is 68.9 Å². The van der Waals surface area contributed by atoms with Gasteiger partial charge in [0.25, 0.3) is 0 Å². The van der Waals surface area contributed by atoms with E-state index in [2.05, 4.69) is 15.6 Å². The fourth-order valence-corrected chi connectivity index (χ4v) is 2.12. The van der Waals surface area contributed by atoms with Gasteiger partial charge >= 0.3 is 6.18 Å². The van der Waals surface area contributed by atoms with Crippen LogP contribution in [0.2, 0.25) is 0 Å². The van der Waals surface area contributed by atoms with Crippen LogP contribution >= 0.6 is 0 Å². The van der Waals surface area contributed by atoms with Crippen molar-refractivity contribution < 1.29 is 22.7 Å². The minimum atomic E-state index is -4.40. The van der Waals surface area contributed by atoms with E-state index in [1.54, 1.807) is 0 Å². The molecule has 0 saturated carbocycles. The maximum Gasteiger partial charge on any atom is 0.406 e. The van der Waals surface area contributed by atoms with Crippen molar-refractivity contribution in [3.63, 3.8) is 0 Å². The third-order valence-electron chi connectivity index (χ3n) is 3.40. The van der Waals surface area contributed by atoms with Gasteiger partial charge in [-0.1, -0.05) is 0 Å². The van der Waals surface area contributed by atoms with Crippen LogP contribution in [0.5, 0.6) is 0 Å². The largest absolute Gasteiger partial charge is 0.406 e. The first kappa shape index (κ1) is 18.5. The number of nitrogens with one attached hydrogen (secondary N) is 2. The molecule has 1 rings (SSSR count). The van der Waals surface area contributed by atoms with Gasteiger partial charge in [-0.2, -0.15) is 13.2 Å². The van der Waals surface area contributed by atoms with Crippen LogP contribution in [-0.2, 0) is 9.53 Å². The number of carbonyl (C=O) groups excluding carboxylic acids is 1. The molecule has 0 radical (unpaired) electrons. The van der Waals surface area contributed by atoms with Crippen molar-refractivity contribution in [2.45, 2.75) is 31.5 Å². The smallest absolute Gasteiger partial charge is 0.373 e. The lowest BCUT2D eigenvalue weighted by molar-refractivity contribution is -0.157. The highest BCUT2D eigenvalue weighted by atomic mass is 19.4. The highest BCUT2D eigenvalue weighted by Gasteiger charge is 2.31. The van der Waals surface area contributed by atoms with Gasteiger partial charge in [-0.15, -0.1) is 0 Å². The second kappa shape index (κ2) is 7.66. The van der Waals surface area contributed by atoms with Crippen LogP contribution in [0.4, 0.5) is 13.2 Å². The minimum absolute atomic E-state index is 0.260. The average Bonchev–Trinajstić information content (AvgIpc) is 2.84. The number of guanidine groups is 1. The van der Waals surface area contributed by atoms with Crippen molar-refractivity contribution in [1.82, 2.24) is 15.5 Å². The number of halogens is 3. The van der Waals surface area contributed by atoms with Gasteiger partial charge in [0, 0.05) is 27.2 Å². The number of nitrogens with zero attached hydrogens (tertiary/aromatic N) is 2. The third kappa shape index (κ3) is 6.50. The van der Waals surface area contributed by atoms with Crippen molar-refractivity contribution in [2.75, 3.05) is 40.3 Å². The summed E-state index contributed by atoms with van der Waals surface area (Å²) in [5.41, 5.74) is -0.283. The van der Waals surface area contributed by atoms with Crippen LogP contribution < -0.4 is 10.6 Å².